The second kappa shape index (κ2) is 8.94. The van der Waals surface area contributed by atoms with Crippen molar-refractivity contribution < 1.29 is 4.79 Å². The summed E-state index contributed by atoms with van der Waals surface area (Å²) in [4.78, 5) is 32.9. The monoisotopic (exact) mass is 441 g/mol. The molecule has 1 fully saturated rings. The third-order valence-electron chi connectivity index (χ3n) is 5.85. The van der Waals surface area contributed by atoms with Gasteiger partial charge in [-0.1, -0.05) is 54.9 Å². The zero-order valence-electron chi connectivity index (χ0n) is 17.6. The van der Waals surface area contributed by atoms with E-state index in [1.54, 1.807) is 11.3 Å². The fourth-order valence-corrected chi connectivity index (χ4v) is 6.07. The topological polar surface area (TPSA) is 64.0 Å². The summed E-state index contributed by atoms with van der Waals surface area (Å²) >= 11 is 2.95. The number of hydrogen-bond acceptors (Lipinski definition) is 5. The molecule has 3 aromatic rings. The molecule has 0 aliphatic heterocycles. The zero-order chi connectivity index (χ0) is 21.3. The van der Waals surface area contributed by atoms with Gasteiger partial charge in [0.2, 0.25) is 5.91 Å². The van der Waals surface area contributed by atoms with Crippen LogP contribution in [0.5, 0.6) is 0 Å². The maximum Gasteiger partial charge on any atom is 0.263 e. The van der Waals surface area contributed by atoms with Gasteiger partial charge in [-0.25, -0.2) is 4.98 Å². The van der Waals surface area contributed by atoms with E-state index in [0.29, 0.717) is 11.7 Å². The second-order valence-electron chi connectivity index (χ2n) is 7.93. The van der Waals surface area contributed by atoms with Gasteiger partial charge in [-0.2, -0.15) is 0 Å². The van der Waals surface area contributed by atoms with Crippen LogP contribution in [0.3, 0.4) is 0 Å². The molecular weight excluding hydrogens is 414 g/mol. The first kappa shape index (κ1) is 21.1. The minimum Gasteiger partial charge on any atom is -0.351 e. The van der Waals surface area contributed by atoms with Crippen molar-refractivity contribution in [2.24, 2.45) is 0 Å². The summed E-state index contributed by atoms with van der Waals surface area (Å²) in [5.41, 5.74) is 2.15. The Morgan fingerprint density at radius 2 is 1.97 bits per heavy atom. The van der Waals surface area contributed by atoms with Crippen LogP contribution in [-0.2, 0) is 11.3 Å². The summed E-state index contributed by atoms with van der Waals surface area (Å²) in [6.45, 7) is 6.41. The van der Waals surface area contributed by atoms with E-state index in [9.17, 15) is 9.59 Å². The first-order chi connectivity index (χ1) is 14.5. The number of carbonyl (C=O) groups excluding carboxylic acids is 1. The van der Waals surface area contributed by atoms with E-state index in [1.807, 2.05) is 55.7 Å². The van der Waals surface area contributed by atoms with E-state index < -0.39 is 0 Å². The van der Waals surface area contributed by atoms with Gasteiger partial charge in [0.05, 0.1) is 10.6 Å². The molecule has 1 N–H and O–H groups in total. The minimum absolute atomic E-state index is 0.0466. The SMILES string of the molecule is Cc1sc2nc(SC(C)C(=O)NCc3ccccc3)n(C3CCCC3)c(=O)c2c1C. The number of benzene rings is 1. The molecule has 158 valence electrons. The lowest BCUT2D eigenvalue weighted by atomic mass is 10.2. The van der Waals surface area contributed by atoms with Crippen molar-refractivity contribution in [3.63, 3.8) is 0 Å². The van der Waals surface area contributed by atoms with Crippen molar-refractivity contribution in [2.45, 2.75) is 69.4 Å². The van der Waals surface area contributed by atoms with Gasteiger partial charge in [0.25, 0.3) is 5.56 Å². The van der Waals surface area contributed by atoms with Gasteiger partial charge in [-0.3, -0.25) is 14.2 Å². The number of fused-ring (bicyclic) bond motifs is 1. The molecule has 2 aromatic heterocycles. The maximum absolute atomic E-state index is 13.4. The number of carbonyl (C=O) groups is 1. The van der Waals surface area contributed by atoms with Crippen molar-refractivity contribution in [3.05, 3.63) is 56.7 Å². The molecule has 0 saturated heterocycles. The lowest BCUT2D eigenvalue weighted by molar-refractivity contribution is -0.120. The van der Waals surface area contributed by atoms with Crippen LogP contribution >= 0.6 is 23.1 Å². The molecule has 30 heavy (non-hydrogen) atoms. The van der Waals surface area contributed by atoms with Gasteiger partial charge in [-0.15, -0.1) is 11.3 Å². The Hall–Kier alpha value is -2.12. The maximum atomic E-state index is 13.4. The Morgan fingerprint density at radius 3 is 2.67 bits per heavy atom. The number of nitrogens with one attached hydrogen (secondary N) is 1. The lowest BCUT2D eigenvalue weighted by Gasteiger charge is -2.20. The molecule has 0 radical (unpaired) electrons. The minimum atomic E-state index is -0.340. The number of amides is 1. The Bertz CT molecular complexity index is 1110. The summed E-state index contributed by atoms with van der Waals surface area (Å²) in [6.07, 6.45) is 4.26. The molecule has 1 unspecified atom stereocenters. The summed E-state index contributed by atoms with van der Waals surface area (Å²) in [5.74, 6) is -0.0466. The van der Waals surface area contributed by atoms with E-state index in [1.165, 1.54) is 11.8 Å². The van der Waals surface area contributed by atoms with Gasteiger partial charge >= 0.3 is 0 Å². The first-order valence-corrected chi connectivity index (χ1v) is 12.2. The molecule has 1 amide bonds. The number of thioether (sulfide) groups is 1. The third kappa shape index (κ3) is 4.18. The van der Waals surface area contributed by atoms with Crippen LogP contribution in [0.1, 0.15) is 54.7 Å². The summed E-state index contributed by atoms with van der Waals surface area (Å²) in [6, 6.07) is 10.0. The van der Waals surface area contributed by atoms with E-state index in [-0.39, 0.29) is 22.8 Å². The number of nitrogens with zero attached hydrogens (tertiary/aromatic N) is 2. The average Bonchev–Trinajstić information content (AvgIpc) is 3.35. The molecule has 2 heterocycles. The molecule has 1 atom stereocenters. The number of aromatic nitrogens is 2. The molecular formula is C23H27N3O2S2. The van der Waals surface area contributed by atoms with E-state index in [2.05, 4.69) is 5.32 Å². The highest BCUT2D eigenvalue weighted by atomic mass is 32.2. The molecule has 1 aliphatic carbocycles. The predicted octanol–water partition coefficient (Wildman–Crippen LogP) is 4.99. The van der Waals surface area contributed by atoms with Gasteiger partial charge in [0.1, 0.15) is 4.83 Å². The highest BCUT2D eigenvalue weighted by molar-refractivity contribution is 8.00. The number of thiophene rings is 1. The molecule has 1 aromatic carbocycles. The van der Waals surface area contributed by atoms with Crippen molar-refractivity contribution in [2.75, 3.05) is 0 Å². The van der Waals surface area contributed by atoms with Gasteiger partial charge in [0.15, 0.2) is 5.16 Å². The third-order valence-corrected chi connectivity index (χ3v) is 8.02. The fourth-order valence-electron chi connectivity index (χ4n) is 4.00. The van der Waals surface area contributed by atoms with Crippen LogP contribution in [0.15, 0.2) is 40.3 Å². The van der Waals surface area contributed by atoms with Crippen molar-refractivity contribution in [3.8, 4) is 0 Å². The molecule has 7 heteroatoms. The van der Waals surface area contributed by atoms with Crippen LogP contribution in [0.2, 0.25) is 0 Å². The van der Waals surface area contributed by atoms with Gasteiger partial charge in [-0.05, 0) is 44.7 Å². The normalized spacial score (nSPS) is 15.6. The van der Waals surface area contributed by atoms with E-state index in [4.69, 9.17) is 4.98 Å². The smallest absolute Gasteiger partial charge is 0.263 e. The van der Waals surface area contributed by atoms with Crippen LogP contribution in [0.25, 0.3) is 10.2 Å². The van der Waals surface area contributed by atoms with Crippen LogP contribution in [-0.4, -0.2) is 20.7 Å². The van der Waals surface area contributed by atoms with E-state index in [0.717, 1.165) is 51.9 Å². The highest BCUT2D eigenvalue weighted by Gasteiger charge is 2.27. The van der Waals surface area contributed by atoms with E-state index >= 15 is 0 Å². The Kier molecular flexibility index (Phi) is 6.29. The lowest BCUT2D eigenvalue weighted by Crippen LogP contribution is -2.32. The quantitative estimate of drug-likeness (QED) is 0.432. The molecule has 1 aliphatic rings. The van der Waals surface area contributed by atoms with Gasteiger partial charge in [0, 0.05) is 17.5 Å². The zero-order valence-corrected chi connectivity index (χ0v) is 19.2. The highest BCUT2D eigenvalue weighted by Crippen LogP contribution is 2.35. The number of rotatable bonds is 6. The van der Waals surface area contributed by atoms with Crippen LogP contribution < -0.4 is 10.9 Å². The summed E-state index contributed by atoms with van der Waals surface area (Å²) < 4.78 is 1.88. The Labute approximate surface area is 184 Å². The number of aryl methyl sites for hydroxylation is 2. The first-order valence-electron chi connectivity index (χ1n) is 10.5. The second-order valence-corrected chi connectivity index (χ2v) is 10.4. The summed E-state index contributed by atoms with van der Waals surface area (Å²) in [5, 5.41) is 4.08. The van der Waals surface area contributed by atoms with Gasteiger partial charge < -0.3 is 5.32 Å². The average molecular weight is 442 g/mol. The predicted molar refractivity (Wildman–Crippen MR) is 124 cm³/mol. The molecule has 1 saturated carbocycles. The number of hydrogen-bond donors (Lipinski definition) is 1. The van der Waals surface area contributed by atoms with Crippen molar-refractivity contribution in [1.29, 1.82) is 0 Å². The van der Waals surface area contributed by atoms with Crippen LogP contribution in [0.4, 0.5) is 0 Å². The summed E-state index contributed by atoms with van der Waals surface area (Å²) in [7, 11) is 0. The molecule has 5 nitrogen and oxygen atoms in total. The van der Waals surface area contributed by atoms with Crippen molar-refractivity contribution >= 4 is 39.2 Å². The molecule has 0 spiro atoms. The largest absolute Gasteiger partial charge is 0.351 e. The van der Waals surface area contributed by atoms with Crippen LogP contribution in [0, 0.1) is 13.8 Å². The van der Waals surface area contributed by atoms with Crippen molar-refractivity contribution in [1.82, 2.24) is 14.9 Å². The molecule has 4 rings (SSSR count). The Morgan fingerprint density at radius 1 is 1.27 bits per heavy atom. The Balaban J connectivity index is 1.61. The standard InChI is InChI=1S/C23H27N3O2S2/c1-14-15(2)29-21-19(14)22(28)26(18-11-7-8-12-18)23(25-21)30-16(3)20(27)24-13-17-9-5-4-6-10-17/h4-6,9-10,16,18H,7-8,11-13H2,1-3H3,(H,24,27). The molecule has 0 bridgehead atoms. The fraction of sp³-hybridized carbons (Fsp3) is 0.435.